The van der Waals surface area contributed by atoms with Gasteiger partial charge in [0, 0.05) is 7.05 Å². The largest absolute Gasteiger partial charge is 0.444 e. The molecule has 0 radical (unpaired) electrons. The number of carbonyl (C=O) groups is 1. The van der Waals surface area contributed by atoms with Gasteiger partial charge in [-0.25, -0.2) is 15.2 Å². The first-order valence-corrected chi connectivity index (χ1v) is 6.49. The van der Waals surface area contributed by atoms with Gasteiger partial charge in [0.2, 0.25) is 0 Å². The third-order valence-electron chi connectivity index (χ3n) is 2.88. The van der Waals surface area contributed by atoms with E-state index in [1.54, 1.807) is 7.05 Å². The lowest BCUT2D eigenvalue weighted by Gasteiger charge is -2.20. The molecule has 2 aromatic rings. The maximum Gasteiger partial charge on any atom is 0.424 e. The molecular formula is C16H18N2O2. The van der Waals surface area contributed by atoms with Crippen LogP contribution in [0.3, 0.4) is 0 Å². The summed E-state index contributed by atoms with van der Waals surface area (Å²) in [7, 11) is 1.70. The highest BCUT2D eigenvalue weighted by Gasteiger charge is 2.13. The Kier molecular flexibility index (Phi) is 5.15. The topological polar surface area (TPSA) is 41.6 Å². The summed E-state index contributed by atoms with van der Waals surface area (Å²) >= 11 is 0. The Morgan fingerprint density at radius 3 is 2.10 bits per heavy atom. The number of carbonyl (C=O) groups excluding carboxylic acids is 1. The van der Waals surface area contributed by atoms with Gasteiger partial charge in [0.15, 0.2) is 0 Å². The summed E-state index contributed by atoms with van der Waals surface area (Å²) in [6.07, 6.45) is -0.389. The number of ether oxygens (including phenoxy) is 1. The van der Waals surface area contributed by atoms with Crippen LogP contribution in [-0.4, -0.2) is 18.1 Å². The Balaban J connectivity index is 1.89. The van der Waals surface area contributed by atoms with Crippen LogP contribution in [0.1, 0.15) is 11.1 Å². The van der Waals surface area contributed by atoms with E-state index in [2.05, 4.69) is 5.43 Å². The lowest BCUT2D eigenvalue weighted by atomic mass is 10.2. The van der Waals surface area contributed by atoms with E-state index in [0.29, 0.717) is 6.54 Å². The Bertz CT molecular complexity index is 529. The van der Waals surface area contributed by atoms with Gasteiger partial charge >= 0.3 is 6.09 Å². The molecule has 2 rings (SSSR count). The molecule has 0 saturated carbocycles. The summed E-state index contributed by atoms with van der Waals surface area (Å²) in [5, 5.41) is 1.44. The minimum atomic E-state index is -0.389. The fourth-order valence-corrected chi connectivity index (χ4v) is 1.80. The lowest BCUT2D eigenvalue weighted by molar-refractivity contribution is 0.0780. The average molecular weight is 270 g/mol. The first kappa shape index (κ1) is 14.1. The second kappa shape index (κ2) is 7.31. The fraction of sp³-hybridized carbons (Fsp3) is 0.188. The van der Waals surface area contributed by atoms with Crippen molar-refractivity contribution in [1.82, 2.24) is 10.4 Å². The monoisotopic (exact) mass is 270 g/mol. The number of nitrogens with one attached hydrogen (secondary N) is 1. The van der Waals surface area contributed by atoms with Crippen LogP contribution >= 0.6 is 0 Å². The third-order valence-corrected chi connectivity index (χ3v) is 2.88. The van der Waals surface area contributed by atoms with Crippen molar-refractivity contribution in [3.63, 3.8) is 0 Å². The Morgan fingerprint density at radius 1 is 1.00 bits per heavy atom. The van der Waals surface area contributed by atoms with Crippen LogP contribution in [0.15, 0.2) is 60.7 Å². The molecule has 0 unspecified atom stereocenters. The van der Waals surface area contributed by atoms with Gasteiger partial charge in [-0.15, -0.1) is 0 Å². The molecule has 0 atom stereocenters. The van der Waals surface area contributed by atoms with Gasteiger partial charge in [0.05, 0.1) is 6.54 Å². The predicted molar refractivity (Wildman–Crippen MR) is 77.7 cm³/mol. The van der Waals surface area contributed by atoms with Crippen molar-refractivity contribution < 1.29 is 9.53 Å². The van der Waals surface area contributed by atoms with E-state index in [1.165, 1.54) is 5.01 Å². The van der Waals surface area contributed by atoms with Crippen molar-refractivity contribution in [3.05, 3.63) is 71.8 Å². The van der Waals surface area contributed by atoms with Crippen molar-refractivity contribution in [3.8, 4) is 0 Å². The number of rotatable bonds is 5. The molecule has 0 aliphatic rings. The molecule has 4 nitrogen and oxygen atoms in total. The second-order valence-electron chi connectivity index (χ2n) is 4.34. The Labute approximate surface area is 119 Å². The van der Waals surface area contributed by atoms with Crippen LogP contribution in [0.5, 0.6) is 0 Å². The molecule has 0 fully saturated rings. The van der Waals surface area contributed by atoms with E-state index < -0.39 is 0 Å². The summed E-state index contributed by atoms with van der Waals surface area (Å²) < 4.78 is 5.28. The van der Waals surface area contributed by atoms with Crippen molar-refractivity contribution in [2.75, 3.05) is 7.05 Å². The summed E-state index contributed by atoms with van der Waals surface area (Å²) in [5.41, 5.74) is 4.85. The third kappa shape index (κ3) is 4.10. The van der Waals surface area contributed by atoms with Gasteiger partial charge in [-0.2, -0.15) is 0 Å². The number of benzene rings is 2. The standard InChI is InChI=1S/C16H18N2O2/c1-17-18(12-14-8-4-2-5-9-14)16(19)20-13-15-10-6-3-7-11-15/h2-11,17H,12-13H2,1H3. The van der Waals surface area contributed by atoms with Crippen LogP contribution < -0.4 is 5.43 Å². The highest BCUT2D eigenvalue weighted by molar-refractivity contribution is 5.67. The number of amides is 1. The zero-order valence-electron chi connectivity index (χ0n) is 11.5. The van der Waals surface area contributed by atoms with Crippen LogP contribution in [0, 0.1) is 0 Å². The lowest BCUT2D eigenvalue weighted by Crippen LogP contribution is -2.40. The normalized spacial score (nSPS) is 10.1. The first-order valence-electron chi connectivity index (χ1n) is 6.49. The number of hydrogen-bond acceptors (Lipinski definition) is 3. The molecule has 0 aliphatic heterocycles. The molecule has 1 N–H and O–H groups in total. The molecule has 0 aliphatic carbocycles. The van der Waals surface area contributed by atoms with E-state index in [9.17, 15) is 4.79 Å². The molecule has 0 aromatic heterocycles. The van der Waals surface area contributed by atoms with Gasteiger partial charge in [-0.1, -0.05) is 60.7 Å². The van der Waals surface area contributed by atoms with Gasteiger partial charge < -0.3 is 4.74 Å². The molecule has 1 amide bonds. The number of hydrazine groups is 1. The molecule has 0 spiro atoms. The smallest absolute Gasteiger partial charge is 0.424 e. The quantitative estimate of drug-likeness (QED) is 0.849. The minimum absolute atomic E-state index is 0.270. The van der Waals surface area contributed by atoms with Crippen LogP contribution in [0.2, 0.25) is 0 Å². The van der Waals surface area contributed by atoms with Gasteiger partial charge in [0.1, 0.15) is 6.61 Å². The molecule has 2 aromatic carbocycles. The maximum atomic E-state index is 12.0. The van der Waals surface area contributed by atoms with Gasteiger partial charge in [-0.3, -0.25) is 0 Å². The molecular weight excluding hydrogens is 252 g/mol. The van der Waals surface area contributed by atoms with Crippen LogP contribution in [-0.2, 0) is 17.9 Å². The van der Waals surface area contributed by atoms with Crippen molar-refractivity contribution in [1.29, 1.82) is 0 Å². The van der Waals surface area contributed by atoms with Crippen molar-refractivity contribution in [2.24, 2.45) is 0 Å². The molecule has 0 bridgehead atoms. The van der Waals surface area contributed by atoms with E-state index in [1.807, 2.05) is 60.7 Å². The molecule has 0 heterocycles. The Hall–Kier alpha value is -2.33. The highest BCUT2D eigenvalue weighted by atomic mass is 16.6. The second-order valence-corrected chi connectivity index (χ2v) is 4.34. The van der Waals surface area contributed by atoms with E-state index in [0.717, 1.165) is 11.1 Å². The summed E-state index contributed by atoms with van der Waals surface area (Å²) in [6, 6.07) is 19.4. The summed E-state index contributed by atoms with van der Waals surface area (Å²) in [6.45, 7) is 0.734. The molecule has 0 saturated heterocycles. The zero-order valence-corrected chi connectivity index (χ0v) is 11.5. The molecule has 4 heteroatoms. The summed E-state index contributed by atoms with van der Waals surface area (Å²) in [5.74, 6) is 0. The minimum Gasteiger partial charge on any atom is -0.444 e. The molecule has 20 heavy (non-hydrogen) atoms. The first-order chi connectivity index (χ1) is 9.79. The zero-order chi connectivity index (χ0) is 14.2. The number of hydrogen-bond donors (Lipinski definition) is 1. The van der Waals surface area contributed by atoms with Gasteiger partial charge in [-0.05, 0) is 11.1 Å². The van der Waals surface area contributed by atoms with Crippen LogP contribution in [0.4, 0.5) is 4.79 Å². The number of nitrogens with zero attached hydrogens (tertiary/aromatic N) is 1. The maximum absolute atomic E-state index is 12.0. The van der Waals surface area contributed by atoms with Crippen molar-refractivity contribution in [2.45, 2.75) is 13.2 Å². The van der Waals surface area contributed by atoms with E-state index in [-0.39, 0.29) is 12.7 Å². The fourth-order valence-electron chi connectivity index (χ4n) is 1.80. The predicted octanol–water partition coefficient (Wildman–Crippen LogP) is 2.96. The SMILES string of the molecule is CNN(Cc1ccccc1)C(=O)OCc1ccccc1. The Morgan fingerprint density at radius 2 is 1.55 bits per heavy atom. The highest BCUT2D eigenvalue weighted by Crippen LogP contribution is 2.06. The van der Waals surface area contributed by atoms with E-state index in [4.69, 9.17) is 4.74 Å². The molecule has 104 valence electrons. The van der Waals surface area contributed by atoms with Gasteiger partial charge in [0.25, 0.3) is 0 Å². The summed E-state index contributed by atoms with van der Waals surface area (Å²) in [4.78, 5) is 12.0. The van der Waals surface area contributed by atoms with E-state index >= 15 is 0 Å². The average Bonchev–Trinajstić information content (AvgIpc) is 2.52. The van der Waals surface area contributed by atoms with Crippen LogP contribution in [0.25, 0.3) is 0 Å². The van der Waals surface area contributed by atoms with Crippen molar-refractivity contribution >= 4 is 6.09 Å².